The Bertz CT molecular complexity index is 597. The molecule has 2 N–H and O–H groups in total. The van der Waals surface area contributed by atoms with Crippen molar-refractivity contribution in [2.45, 2.75) is 0 Å². The Morgan fingerprint density at radius 3 is 2.31 bits per heavy atom. The second-order valence-corrected chi connectivity index (χ2v) is 3.20. The number of aromatic amines is 2. The smallest absolute Gasteiger partial charge is 0.304 e. The lowest BCUT2D eigenvalue weighted by atomic mass is 10.1. The number of benzene rings is 1. The van der Waals surface area contributed by atoms with Crippen molar-refractivity contribution in [3.63, 3.8) is 0 Å². The Balaban J connectivity index is 2.50. The molecule has 0 aliphatic heterocycles. The van der Waals surface area contributed by atoms with Crippen LogP contribution in [0.3, 0.4) is 0 Å². The maximum Gasteiger partial charge on any atom is 0.326 e. The number of rotatable bonds is 2. The van der Waals surface area contributed by atoms with Gasteiger partial charge in [0.15, 0.2) is 0 Å². The highest BCUT2D eigenvalue weighted by Crippen LogP contribution is 2.04. The van der Waals surface area contributed by atoms with Crippen molar-refractivity contribution in [2.75, 3.05) is 0 Å². The predicted molar refractivity (Wildman–Crippen MR) is 57.6 cm³/mol. The number of nitrogens with one attached hydrogen (secondary N) is 2. The molecule has 80 valence electrons. The van der Waals surface area contributed by atoms with Crippen molar-refractivity contribution in [3.05, 3.63) is 68.5 Å². The number of aromatic nitrogens is 2. The van der Waals surface area contributed by atoms with E-state index in [1.165, 1.54) is 0 Å². The number of ketones is 1. The molecule has 0 saturated carbocycles. The molecule has 0 atom stereocenters. The van der Waals surface area contributed by atoms with E-state index in [-0.39, 0.29) is 11.5 Å². The number of hydrogen-bond acceptors (Lipinski definition) is 3. The van der Waals surface area contributed by atoms with Crippen LogP contribution in [0.5, 0.6) is 0 Å². The lowest BCUT2D eigenvalue weighted by molar-refractivity contribution is 0.103. The van der Waals surface area contributed by atoms with E-state index < -0.39 is 11.2 Å². The molecule has 0 aliphatic carbocycles. The first kappa shape index (κ1) is 10.1. The van der Waals surface area contributed by atoms with Gasteiger partial charge in [0.25, 0.3) is 5.56 Å². The molecular formula is C11H8N2O3. The van der Waals surface area contributed by atoms with E-state index in [4.69, 9.17) is 0 Å². The molecule has 0 saturated heterocycles. The minimum atomic E-state index is -0.688. The van der Waals surface area contributed by atoms with E-state index in [2.05, 4.69) is 4.98 Å². The van der Waals surface area contributed by atoms with Crippen LogP contribution in [0.15, 0.2) is 46.0 Å². The van der Waals surface area contributed by atoms with Crippen molar-refractivity contribution < 1.29 is 4.79 Å². The average molecular weight is 216 g/mol. The molecule has 1 aromatic carbocycles. The summed E-state index contributed by atoms with van der Waals surface area (Å²) in [5, 5.41) is 0. The van der Waals surface area contributed by atoms with Crippen LogP contribution in [-0.4, -0.2) is 15.8 Å². The number of H-pyrrole nitrogens is 2. The van der Waals surface area contributed by atoms with E-state index >= 15 is 0 Å². The van der Waals surface area contributed by atoms with Crippen LogP contribution >= 0.6 is 0 Å². The van der Waals surface area contributed by atoms with Crippen LogP contribution in [0.1, 0.15) is 16.1 Å². The van der Waals surface area contributed by atoms with Gasteiger partial charge in [-0.1, -0.05) is 30.3 Å². The Morgan fingerprint density at radius 1 is 1.00 bits per heavy atom. The largest absolute Gasteiger partial charge is 0.326 e. The summed E-state index contributed by atoms with van der Waals surface area (Å²) in [5.74, 6) is -0.385. The highest BCUT2D eigenvalue weighted by Gasteiger charge is 2.09. The van der Waals surface area contributed by atoms with Crippen molar-refractivity contribution >= 4 is 5.78 Å². The second kappa shape index (κ2) is 3.98. The molecule has 16 heavy (non-hydrogen) atoms. The number of hydrogen-bond donors (Lipinski definition) is 2. The van der Waals surface area contributed by atoms with Crippen LogP contribution < -0.4 is 11.2 Å². The third-order valence-electron chi connectivity index (χ3n) is 2.04. The minimum Gasteiger partial charge on any atom is -0.304 e. The zero-order valence-electron chi connectivity index (χ0n) is 8.19. The van der Waals surface area contributed by atoms with Gasteiger partial charge in [-0.25, -0.2) is 4.79 Å². The molecule has 0 unspecified atom stereocenters. The molecule has 0 fully saturated rings. The summed E-state index contributed by atoms with van der Waals surface area (Å²) in [7, 11) is 0. The summed E-state index contributed by atoms with van der Waals surface area (Å²) in [5.41, 5.74) is -0.876. The monoisotopic (exact) mass is 216 g/mol. The second-order valence-electron chi connectivity index (χ2n) is 3.20. The lowest BCUT2D eigenvalue weighted by Gasteiger charge is -1.99. The fraction of sp³-hybridized carbons (Fsp3) is 0. The summed E-state index contributed by atoms with van der Waals surface area (Å²) in [6.45, 7) is 0. The molecule has 2 aromatic rings. The maximum atomic E-state index is 11.8. The van der Waals surface area contributed by atoms with Gasteiger partial charge >= 0.3 is 5.69 Å². The molecule has 0 amide bonds. The molecule has 1 heterocycles. The molecule has 0 aliphatic rings. The fourth-order valence-corrected chi connectivity index (χ4v) is 1.34. The third-order valence-corrected chi connectivity index (χ3v) is 2.04. The van der Waals surface area contributed by atoms with Gasteiger partial charge in [0.1, 0.15) is 0 Å². The zero-order valence-corrected chi connectivity index (χ0v) is 8.19. The van der Waals surface area contributed by atoms with Gasteiger partial charge in [-0.3, -0.25) is 14.6 Å². The van der Waals surface area contributed by atoms with Crippen LogP contribution in [0, 0.1) is 0 Å². The number of carbonyl (C=O) groups is 1. The molecule has 5 heteroatoms. The average Bonchev–Trinajstić information content (AvgIpc) is 2.28. The molecule has 5 nitrogen and oxygen atoms in total. The maximum absolute atomic E-state index is 11.8. The molecule has 0 bridgehead atoms. The highest BCUT2D eigenvalue weighted by molar-refractivity contribution is 6.07. The Kier molecular flexibility index (Phi) is 2.51. The van der Waals surface area contributed by atoms with Crippen molar-refractivity contribution in [2.24, 2.45) is 0 Å². The highest BCUT2D eigenvalue weighted by atomic mass is 16.2. The molecule has 2 rings (SSSR count). The van der Waals surface area contributed by atoms with Crippen molar-refractivity contribution in [3.8, 4) is 0 Å². The first-order valence-electron chi connectivity index (χ1n) is 4.60. The van der Waals surface area contributed by atoms with Gasteiger partial charge in [0, 0.05) is 11.6 Å². The van der Waals surface area contributed by atoms with Crippen LogP contribution in [0.2, 0.25) is 0 Å². The van der Waals surface area contributed by atoms with Crippen LogP contribution in [-0.2, 0) is 0 Å². The normalized spacial score (nSPS) is 10.0. The third kappa shape index (κ3) is 1.98. The van der Waals surface area contributed by atoms with Crippen LogP contribution in [0.4, 0.5) is 0 Å². The summed E-state index contributed by atoms with van der Waals surface area (Å²) in [4.78, 5) is 38.1. The van der Waals surface area contributed by atoms with E-state index in [0.29, 0.717) is 5.56 Å². The zero-order chi connectivity index (χ0) is 11.5. The summed E-state index contributed by atoms with van der Waals surface area (Å²) in [6.07, 6.45) is 0. The SMILES string of the molecule is O=C(c1ccccc1)c1cc(=O)[nH]c(=O)[nH]1. The lowest BCUT2D eigenvalue weighted by Crippen LogP contribution is -2.25. The predicted octanol–water partition coefficient (Wildman–Crippen LogP) is 0.294. The van der Waals surface area contributed by atoms with E-state index in [0.717, 1.165) is 6.07 Å². The Morgan fingerprint density at radius 2 is 1.69 bits per heavy atom. The summed E-state index contributed by atoms with van der Waals surface area (Å²) >= 11 is 0. The molecular weight excluding hydrogens is 208 g/mol. The summed E-state index contributed by atoms with van der Waals surface area (Å²) in [6, 6.07) is 9.48. The first-order chi connectivity index (χ1) is 7.66. The standard InChI is InChI=1S/C11H8N2O3/c14-9-6-8(12-11(16)13-9)10(15)7-4-2-1-3-5-7/h1-6H,(H2,12,13,14,16). The van der Waals surface area contributed by atoms with E-state index in [9.17, 15) is 14.4 Å². The Hall–Kier alpha value is -2.43. The molecule has 0 spiro atoms. The topological polar surface area (TPSA) is 82.8 Å². The van der Waals surface area contributed by atoms with Crippen LogP contribution in [0.25, 0.3) is 0 Å². The van der Waals surface area contributed by atoms with Gasteiger partial charge in [-0.2, -0.15) is 0 Å². The van der Waals surface area contributed by atoms with Gasteiger partial charge in [0.05, 0.1) is 5.69 Å². The van der Waals surface area contributed by atoms with Gasteiger partial charge in [-0.05, 0) is 0 Å². The van der Waals surface area contributed by atoms with Crippen molar-refractivity contribution in [1.29, 1.82) is 0 Å². The fourth-order valence-electron chi connectivity index (χ4n) is 1.34. The van der Waals surface area contributed by atoms with E-state index in [1.54, 1.807) is 30.3 Å². The Labute approximate surface area is 89.8 Å². The number of carbonyl (C=O) groups excluding carboxylic acids is 1. The van der Waals surface area contributed by atoms with Gasteiger partial charge < -0.3 is 4.98 Å². The van der Waals surface area contributed by atoms with Gasteiger partial charge in [0.2, 0.25) is 5.78 Å². The quantitative estimate of drug-likeness (QED) is 0.708. The minimum absolute atomic E-state index is 0.0139. The molecule has 1 aromatic heterocycles. The van der Waals surface area contributed by atoms with Gasteiger partial charge in [-0.15, -0.1) is 0 Å². The molecule has 0 radical (unpaired) electrons. The van der Waals surface area contributed by atoms with Crippen molar-refractivity contribution in [1.82, 2.24) is 9.97 Å². The van der Waals surface area contributed by atoms with E-state index in [1.807, 2.05) is 4.98 Å². The first-order valence-corrected chi connectivity index (χ1v) is 4.60. The summed E-state index contributed by atoms with van der Waals surface area (Å²) < 4.78 is 0.